The van der Waals surface area contributed by atoms with Crippen molar-refractivity contribution in [2.24, 2.45) is 11.7 Å². The van der Waals surface area contributed by atoms with Crippen molar-refractivity contribution in [3.8, 4) is 0 Å². The molecular formula is C13H27NO2. The Balaban J connectivity index is 2.13. The molecule has 3 heteroatoms. The lowest BCUT2D eigenvalue weighted by atomic mass is 9.88. The standard InChI is InChI=1S/C13H27NO2/c1-3-15-12(10-14)8-9-16-13-7-5-4-6-11(13)2/h11-13H,3-10,14H2,1-2H3. The van der Waals surface area contributed by atoms with Crippen LogP contribution >= 0.6 is 0 Å². The first-order valence-electron chi connectivity index (χ1n) is 6.71. The third-order valence-corrected chi connectivity index (χ3v) is 3.47. The van der Waals surface area contributed by atoms with E-state index in [-0.39, 0.29) is 6.10 Å². The van der Waals surface area contributed by atoms with E-state index >= 15 is 0 Å². The highest BCUT2D eigenvalue weighted by Crippen LogP contribution is 2.26. The summed E-state index contributed by atoms with van der Waals surface area (Å²) in [7, 11) is 0. The molecule has 96 valence electrons. The van der Waals surface area contributed by atoms with E-state index in [1.54, 1.807) is 0 Å². The molecule has 0 aliphatic heterocycles. The molecule has 1 aliphatic rings. The zero-order chi connectivity index (χ0) is 11.8. The smallest absolute Gasteiger partial charge is 0.0719 e. The summed E-state index contributed by atoms with van der Waals surface area (Å²) in [5, 5.41) is 0. The highest BCUT2D eigenvalue weighted by atomic mass is 16.5. The third-order valence-electron chi connectivity index (χ3n) is 3.47. The van der Waals surface area contributed by atoms with Gasteiger partial charge in [0.2, 0.25) is 0 Å². The fraction of sp³-hybridized carbons (Fsp3) is 1.00. The molecule has 16 heavy (non-hydrogen) atoms. The van der Waals surface area contributed by atoms with E-state index < -0.39 is 0 Å². The Morgan fingerprint density at radius 3 is 2.69 bits per heavy atom. The zero-order valence-electron chi connectivity index (χ0n) is 10.8. The summed E-state index contributed by atoms with van der Waals surface area (Å²) in [6.45, 7) is 6.43. The largest absolute Gasteiger partial charge is 0.378 e. The minimum absolute atomic E-state index is 0.170. The minimum Gasteiger partial charge on any atom is -0.378 e. The van der Waals surface area contributed by atoms with Gasteiger partial charge in [-0.3, -0.25) is 0 Å². The van der Waals surface area contributed by atoms with Crippen LogP contribution < -0.4 is 5.73 Å². The molecule has 3 unspecified atom stereocenters. The molecule has 0 aromatic heterocycles. The maximum Gasteiger partial charge on any atom is 0.0719 e. The monoisotopic (exact) mass is 229 g/mol. The third kappa shape index (κ3) is 4.81. The fourth-order valence-electron chi connectivity index (χ4n) is 2.39. The number of hydrogen-bond donors (Lipinski definition) is 1. The summed E-state index contributed by atoms with van der Waals surface area (Å²) >= 11 is 0. The first-order valence-corrected chi connectivity index (χ1v) is 6.71. The van der Waals surface area contributed by atoms with Crippen LogP contribution in [0.25, 0.3) is 0 Å². The van der Waals surface area contributed by atoms with Crippen molar-refractivity contribution in [2.75, 3.05) is 19.8 Å². The Morgan fingerprint density at radius 2 is 2.06 bits per heavy atom. The summed E-state index contributed by atoms with van der Waals surface area (Å²) < 4.78 is 11.4. The summed E-state index contributed by atoms with van der Waals surface area (Å²) in [6, 6.07) is 0. The Bertz CT molecular complexity index is 175. The molecule has 0 saturated heterocycles. The SMILES string of the molecule is CCOC(CN)CCOC1CCCCC1C. The van der Waals surface area contributed by atoms with Crippen LogP contribution in [0.2, 0.25) is 0 Å². The minimum atomic E-state index is 0.170. The van der Waals surface area contributed by atoms with Gasteiger partial charge in [0.1, 0.15) is 0 Å². The summed E-state index contributed by atoms with van der Waals surface area (Å²) in [5.74, 6) is 0.720. The number of hydrogen-bond acceptors (Lipinski definition) is 3. The van der Waals surface area contributed by atoms with Gasteiger partial charge in [-0.05, 0) is 32.1 Å². The molecule has 3 nitrogen and oxygen atoms in total. The average molecular weight is 229 g/mol. The molecule has 3 atom stereocenters. The summed E-state index contributed by atoms with van der Waals surface area (Å²) in [4.78, 5) is 0. The van der Waals surface area contributed by atoms with E-state index in [9.17, 15) is 0 Å². The van der Waals surface area contributed by atoms with Crippen molar-refractivity contribution in [1.29, 1.82) is 0 Å². The van der Waals surface area contributed by atoms with Gasteiger partial charge in [-0.25, -0.2) is 0 Å². The molecular weight excluding hydrogens is 202 g/mol. The molecule has 0 amide bonds. The van der Waals surface area contributed by atoms with Crippen molar-refractivity contribution in [3.05, 3.63) is 0 Å². The van der Waals surface area contributed by atoms with Crippen LogP contribution in [0.15, 0.2) is 0 Å². The van der Waals surface area contributed by atoms with Gasteiger partial charge in [0.15, 0.2) is 0 Å². The lowest BCUT2D eigenvalue weighted by Crippen LogP contribution is -2.29. The Morgan fingerprint density at radius 1 is 1.31 bits per heavy atom. The van der Waals surface area contributed by atoms with Gasteiger partial charge in [-0.2, -0.15) is 0 Å². The van der Waals surface area contributed by atoms with Crippen LogP contribution in [-0.2, 0) is 9.47 Å². The lowest BCUT2D eigenvalue weighted by molar-refractivity contribution is -0.0280. The van der Waals surface area contributed by atoms with Gasteiger partial charge in [0.05, 0.1) is 12.2 Å². The van der Waals surface area contributed by atoms with Crippen LogP contribution in [0.1, 0.15) is 46.0 Å². The topological polar surface area (TPSA) is 44.5 Å². The van der Waals surface area contributed by atoms with Crippen LogP contribution in [-0.4, -0.2) is 32.0 Å². The Kier molecular flexibility index (Phi) is 7.01. The van der Waals surface area contributed by atoms with Crippen molar-refractivity contribution in [3.63, 3.8) is 0 Å². The Hall–Kier alpha value is -0.120. The van der Waals surface area contributed by atoms with Crippen LogP contribution in [0.3, 0.4) is 0 Å². The highest BCUT2D eigenvalue weighted by molar-refractivity contribution is 4.72. The van der Waals surface area contributed by atoms with Gasteiger partial charge >= 0.3 is 0 Å². The van der Waals surface area contributed by atoms with Crippen molar-refractivity contribution in [2.45, 2.75) is 58.2 Å². The molecule has 0 aromatic rings. The van der Waals surface area contributed by atoms with Gasteiger partial charge < -0.3 is 15.2 Å². The van der Waals surface area contributed by atoms with E-state index in [2.05, 4.69) is 6.92 Å². The van der Waals surface area contributed by atoms with E-state index in [1.807, 2.05) is 6.92 Å². The molecule has 2 N–H and O–H groups in total. The number of rotatable bonds is 7. The van der Waals surface area contributed by atoms with Crippen molar-refractivity contribution >= 4 is 0 Å². The molecule has 0 spiro atoms. The second-order valence-corrected chi connectivity index (χ2v) is 4.77. The number of nitrogens with two attached hydrogens (primary N) is 1. The van der Waals surface area contributed by atoms with Gasteiger partial charge in [-0.1, -0.05) is 19.8 Å². The predicted molar refractivity (Wildman–Crippen MR) is 66.5 cm³/mol. The maximum absolute atomic E-state index is 5.94. The molecule has 0 bridgehead atoms. The fourth-order valence-corrected chi connectivity index (χ4v) is 2.39. The van der Waals surface area contributed by atoms with Gasteiger partial charge in [0, 0.05) is 19.8 Å². The molecule has 0 heterocycles. The van der Waals surface area contributed by atoms with Crippen LogP contribution in [0.5, 0.6) is 0 Å². The van der Waals surface area contributed by atoms with Gasteiger partial charge in [0.25, 0.3) is 0 Å². The molecule has 0 aromatic carbocycles. The lowest BCUT2D eigenvalue weighted by Gasteiger charge is -2.29. The van der Waals surface area contributed by atoms with Crippen LogP contribution in [0, 0.1) is 5.92 Å². The molecule has 1 rings (SSSR count). The second-order valence-electron chi connectivity index (χ2n) is 4.77. The number of ether oxygens (including phenoxy) is 2. The van der Waals surface area contributed by atoms with Crippen LogP contribution in [0.4, 0.5) is 0 Å². The molecule has 1 fully saturated rings. The first kappa shape index (κ1) is 13.9. The molecule has 0 radical (unpaired) electrons. The average Bonchev–Trinajstić information content (AvgIpc) is 2.30. The summed E-state index contributed by atoms with van der Waals surface area (Å²) in [6.07, 6.45) is 6.79. The van der Waals surface area contributed by atoms with E-state index in [1.165, 1.54) is 25.7 Å². The molecule has 1 aliphatic carbocycles. The quantitative estimate of drug-likeness (QED) is 0.728. The van der Waals surface area contributed by atoms with Crippen molar-refractivity contribution in [1.82, 2.24) is 0 Å². The Labute approximate surface area is 99.7 Å². The van der Waals surface area contributed by atoms with E-state index in [4.69, 9.17) is 15.2 Å². The van der Waals surface area contributed by atoms with E-state index in [0.717, 1.165) is 25.6 Å². The zero-order valence-corrected chi connectivity index (χ0v) is 10.8. The summed E-state index contributed by atoms with van der Waals surface area (Å²) in [5.41, 5.74) is 5.62. The predicted octanol–water partition coefficient (Wildman–Crippen LogP) is 2.34. The normalized spacial score (nSPS) is 27.9. The first-order chi connectivity index (χ1) is 7.77. The second kappa shape index (κ2) is 8.04. The highest BCUT2D eigenvalue weighted by Gasteiger charge is 2.21. The molecule has 1 saturated carbocycles. The van der Waals surface area contributed by atoms with Gasteiger partial charge in [-0.15, -0.1) is 0 Å². The van der Waals surface area contributed by atoms with E-state index in [0.29, 0.717) is 12.6 Å². The van der Waals surface area contributed by atoms with Crippen molar-refractivity contribution < 1.29 is 9.47 Å². The maximum atomic E-state index is 5.94.